The Kier molecular flexibility index (Phi) is 6.27. The van der Waals surface area contributed by atoms with Gasteiger partial charge in [0.1, 0.15) is 6.61 Å². The van der Waals surface area contributed by atoms with Crippen LogP contribution in [0.1, 0.15) is 24.0 Å². The van der Waals surface area contributed by atoms with Gasteiger partial charge in [-0.3, -0.25) is 4.79 Å². The molecule has 0 spiro atoms. The van der Waals surface area contributed by atoms with Gasteiger partial charge in [0, 0.05) is 6.42 Å². The van der Waals surface area contributed by atoms with Crippen LogP contribution in [0.2, 0.25) is 0 Å². The van der Waals surface area contributed by atoms with E-state index in [0.717, 1.165) is 18.4 Å². The fourth-order valence-electron chi connectivity index (χ4n) is 2.04. The summed E-state index contributed by atoms with van der Waals surface area (Å²) in [6.07, 6.45) is 6.02. The quantitative estimate of drug-likeness (QED) is 0.708. The molecule has 0 aromatic heterocycles. The van der Waals surface area contributed by atoms with Crippen molar-refractivity contribution in [3.05, 3.63) is 77.9 Å². The highest BCUT2D eigenvalue weighted by Crippen LogP contribution is 2.05. The van der Waals surface area contributed by atoms with Crippen LogP contribution in [-0.4, -0.2) is 12.6 Å². The second-order valence-electron chi connectivity index (χ2n) is 4.84. The second-order valence-corrected chi connectivity index (χ2v) is 4.84. The van der Waals surface area contributed by atoms with Gasteiger partial charge in [-0.15, -0.1) is 0 Å². The van der Waals surface area contributed by atoms with E-state index in [1.54, 1.807) is 0 Å². The van der Waals surface area contributed by atoms with Gasteiger partial charge in [0.15, 0.2) is 0 Å². The number of carbonyl (C=O) groups is 1. The van der Waals surface area contributed by atoms with Gasteiger partial charge in [-0.05, 0) is 30.0 Å². The Morgan fingerprint density at radius 1 is 0.952 bits per heavy atom. The van der Waals surface area contributed by atoms with E-state index in [0.29, 0.717) is 13.0 Å². The number of benzene rings is 2. The van der Waals surface area contributed by atoms with Crippen molar-refractivity contribution in [2.24, 2.45) is 0 Å². The lowest BCUT2D eigenvalue weighted by atomic mass is 10.1. The molecule has 0 N–H and O–H groups in total. The van der Waals surface area contributed by atoms with E-state index in [2.05, 4.69) is 12.1 Å². The minimum Gasteiger partial charge on any atom is -0.461 e. The van der Waals surface area contributed by atoms with Crippen LogP contribution in [0.15, 0.2) is 66.7 Å². The van der Waals surface area contributed by atoms with Crippen molar-refractivity contribution in [2.45, 2.75) is 19.3 Å². The van der Waals surface area contributed by atoms with Crippen molar-refractivity contribution in [1.82, 2.24) is 0 Å². The number of rotatable bonds is 7. The van der Waals surface area contributed by atoms with E-state index >= 15 is 0 Å². The van der Waals surface area contributed by atoms with Crippen LogP contribution in [0.4, 0.5) is 0 Å². The Labute approximate surface area is 126 Å². The average molecular weight is 280 g/mol. The van der Waals surface area contributed by atoms with Crippen LogP contribution < -0.4 is 0 Å². The highest BCUT2D eigenvalue weighted by Gasteiger charge is 2.01. The summed E-state index contributed by atoms with van der Waals surface area (Å²) in [4.78, 5) is 11.6. The summed E-state index contributed by atoms with van der Waals surface area (Å²) in [6, 6.07) is 20.1. The van der Waals surface area contributed by atoms with Gasteiger partial charge in [-0.25, -0.2) is 0 Å². The third-order valence-corrected chi connectivity index (χ3v) is 3.14. The number of ether oxygens (including phenoxy) is 1. The van der Waals surface area contributed by atoms with Gasteiger partial charge in [0.05, 0.1) is 0 Å². The Hall–Kier alpha value is -2.35. The van der Waals surface area contributed by atoms with Gasteiger partial charge in [0.25, 0.3) is 0 Å². The zero-order valence-electron chi connectivity index (χ0n) is 12.1. The highest BCUT2D eigenvalue weighted by molar-refractivity contribution is 5.69. The normalized spacial score (nSPS) is 10.7. The number of hydrogen-bond acceptors (Lipinski definition) is 2. The molecule has 2 heteroatoms. The fraction of sp³-hybridized carbons (Fsp3) is 0.211. The molecule has 21 heavy (non-hydrogen) atoms. The molecule has 0 saturated heterocycles. The molecule has 0 atom stereocenters. The number of aryl methyl sites for hydroxylation is 1. The maximum absolute atomic E-state index is 11.6. The first-order valence-electron chi connectivity index (χ1n) is 7.26. The van der Waals surface area contributed by atoms with Gasteiger partial charge in [-0.2, -0.15) is 0 Å². The number of esters is 1. The van der Waals surface area contributed by atoms with Crippen LogP contribution >= 0.6 is 0 Å². The Bertz CT molecular complexity index is 559. The zero-order chi connectivity index (χ0) is 14.8. The predicted molar refractivity (Wildman–Crippen MR) is 85.8 cm³/mol. The molecule has 0 unspecified atom stereocenters. The van der Waals surface area contributed by atoms with Crippen molar-refractivity contribution in [3.8, 4) is 0 Å². The van der Waals surface area contributed by atoms with Gasteiger partial charge in [0.2, 0.25) is 0 Å². The molecule has 2 nitrogen and oxygen atoms in total. The van der Waals surface area contributed by atoms with Crippen LogP contribution in [0.25, 0.3) is 6.08 Å². The molecule has 0 fully saturated rings. The van der Waals surface area contributed by atoms with Crippen molar-refractivity contribution < 1.29 is 9.53 Å². The van der Waals surface area contributed by atoms with Crippen LogP contribution in [0.3, 0.4) is 0 Å². The third-order valence-electron chi connectivity index (χ3n) is 3.14. The van der Waals surface area contributed by atoms with Crippen molar-refractivity contribution >= 4 is 12.0 Å². The summed E-state index contributed by atoms with van der Waals surface area (Å²) < 4.78 is 5.18. The predicted octanol–water partition coefficient (Wildman–Crippen LogP) is 4.27. The van der Waals surface area contributed by atoms with E-state index in [4.69, 9.17) is 4.74 Å². The number of carbonyl (C=O) groups excluding carboxylic acids is 1. The Morgan fingerprint density at radius 2 is 1.62 bits per heavy atom. The summed E-state index contributed by atoms with van der Waals surface area (Å²) in [5.41, 5.74) is 2.37. The van der Waals surface area contributed by atoms with E-state index in [1.165, 1.54) is 5.56 Å². The average Bonchev–Trinajstić information content (AvgIpc) is 2.54. The first kappa shape index (κ1) is 15.0. The van der Waals surface area contributed by atoms with Gasteiger partial charge >= 0.3 is 5.97 Å². The van der Waals surface area contributed by atoms with Gasteiger partial charge in [-0.1, -0.05) is 66.7 Å². The maximum atomic E-state index is 11.6. The maximum Gasteiger partial charge on any atom is 0.306 e. The molecular formula is C19H20O2. The molecule has 0 amide bonds. The molecule has 0 bridgehead atoms. The Morgan fingerprint density at radius 3 is 2.33 bits per heavy atom. The molecule has 0 heterocycles. The molecule has 0 radical (unpaired) electrons. The topological polar surface area (TPSA) is 26.3 Å². The second kappa shape index (κ2) is 8.75. The summed E-state index contributed by atoms with van der Waals surface area (Å²) in [7, 11) is 0. The Balaban J connectivity index is 1.61. The molecule has 0 saturated carbocycles. The lowest BCUT2D eigenvalue weighted by molar-refractivity contribution is -0.142. The van der Waals surface area contributed by atoms with Crippen LogP contribution in [0.5, 0.6) is 0 Å². The fourth-order valence-corrected chi connectivity index (χ4v) is 2.04. The summed E-state index contributed by atoms with van der Waals surface area (Å²) in [6.45, 7) is 0.332. The minimum atomic E-state index is -0.136. The van der Waals surface area contributed by atoms with Crippen molar-refractivity contribution in [2.75, 3.05) is 6.61 Å². The van der Waals surface area contributed by atoms with E-state index in [9.17, 15) is 4.79 Å². The van der Waals surface area contributed by atoms with Crippen LogP contribution in [0, 0.1) is 0 Å². The third kappa shape index (κ3) is 6.09. The van der Waals surface area contributed by atoms with E-state index in [-0.39, 0.29) is 5.97 Å². The molecule has 2 rings (SSSR count). The lowest BCUT2D eigenvalue weighted by Crippen LogP contribution is -2.04. The van der Waals surface area contributed by atoms with E-state index in [1.807, 2.05) is 60.7 Å². The summed E-state index contributed by atoms with van der Waals surface area (Å²) in [5, 5.41) is 0. The largest absolute Gasteiger partial charge is 0.461 e. The van der Waals surface area contributed by atoms with Crippen molar-refractivity contribution in [1.29, 1.82) is 0 Å². The van der Waals surface area contributed by atoms with E-state index < -0.39 is 0 Å². The molecule has 2 aromatic rings. The van der Waals surface area contributed by atoms with Crippen molar-refractivity contribution in [3.63, 3.8) is 0 Å². The summed E-state index contributed by atoms with van der Waals surface area (Å²) in [5.74, 6) is -0.136. The lowest BCUT2D eigenvalue weighted by Gasteiger charge is -2.02. The molecular weight excluding hydrogens is 260 g/mol. The van der Waals surface area contributed by atoms with Gasteiger partial charge < -0.3 is 4.74 Å². The molecule has 2 aromatic carbocycles. The first-order chi connectivity index (χ1) is 10.3. The van der Waals surface area contributed by atoms with Crippen LogP contribution in [-0.2, 0) is 16.0 Å². The monoisotopic (exact) mass is 280 g/mol. The molecule has 0 aliphatic rings. The number of hydrogen-bond donors (Lipinski definition) is 0. The SMILES string of the molecule is O=C(CCCc1ccccc1)OC/C=C/c1ccccc1. The summed E-state index contributed by atoms with van der Waals surface area (Å²) >= 11 is 0. The smallest absolute Gasteiger partial charge is 0.306 e. The standard InChI is InChI=1S/C19H20O2/c20-19(15-7-13-17-9-3-1-4-10-17)21-16-8-14-18-11-5-2-6-12-18/h1-6,8-12,14H,7,13,15-16H2/b14-8+. The first-order valence-corrected chi connectivity index (χ1v) is 7.26. The highest BCUT2D eigenvalue weighted by atomic mass is 16.5. The minimum absolute atomic E-state index is 0.136. The molecule has 0 aliphatic carbocycles. The molecule has 108 valence electrons. The molecule has 0 aliphatic heterocycles. The zero-order valence-corrected chi connectivity index (χ0v) is 12.1.